The van der Waals surface area contributed by atoms with E-state index in [4.69, 9.17) is 0 Å². The third-order valence-corrected chi connectivity index (χ3v) is 2.50. The molecule has 1 aromatic carbocycles. The molecule has 0 N–H and O–H groups in total. The summed E-state index contributed by atoms with van der Waals surface area (Å²) in [5.74, 6) is -1.76. The van der Waals surface area contributed by atoms with Gasteiger partial charge in [0, 0.05) is 5.56 Å². The number of carbonyl (C=O) groups excluding carboxylic acids is 1. The second-order valence-electron chi connectivity index (χ2n) is 3.60. The van der Waals surface area contributed by atoms with Crippen LogP contribution < -0.4 is 0 Å². The van der Waals surface area contributed by atoms with Crippen molar-refractivity contribution in [2.75, 3.05) is 0 Å². The summed E-state index contributed by atoms with van der Waals surface area (Å²) in [7, 11) is 0. The van der Waals surface area contributed by atoms with E-state index in [1.54, 1.807) is 12.1 Å². The highest BCUT2D eigenvalue weighted by molar-refractivity contribution is 6.19. The molecule has 1 heterocycles. The fourth-order valence-corrected chi connectivity index (χ4v) is 1.67. The van der Waals surface area contributed by atoms with Crippen LogP contribution in [0.3, 0.4) is 0 Å². The number of hydrogen-bond acceptors (Lipinski definition) is 2. The van der Waals surface area contributed by atoms with Gasteiger partial charge in [-0.05, 0) is 19.1 Å². The highest BCUT2D eigenvalue weighted by Crippen LogP contribution is 2.34. The van der Waals surface area contributed by atoms with Crippen molar-refractivity contribution in [3.63, 3.8) is 0 Å². The zero-order valence-electron chi connectivity index (χ0n) is 8.38. The summed E-state index contributed by atoms with van der Waals surface area (Å²) < 4.78 is 37.7. The molecule has 0 radical (unpaired) electrons. The number of aliphatic imine (C=N–C) groups is 1. The van der Waals surface area contributed by atoms with Crippen molar-refractivity contribution in [2.24, 2.45) is 10.9 Å². The number of halogens is 3. The Balaban J connectivity index is 2.60. The predicted octanol–water partition coefficient (Wildman–Crippen LogP) is 3.15. The van der Waals surface area contributed by atoms with Crippen LogP contribution in [0.1, 0.15) is 17.3 Å². The molecule has 0 spiro atoms. The van der Waals surface area contributed by atoms with Crippen molar-refractivity contribution in [3.8, 4) is 0 Å². The molecule has 0 saturated carbocycles. The molecule has 2 nitrogen and oxygen atoms in total. The Morgan fingerprint density at radius 1 is 1.25 bits per heavy atom. The van der Waals surface area contributed by atoms with E-state index < -0.39 is 23.6 Å². The third kappa shape index (κ3) is 1.62. The SMILES string of the molecule is CC1C(=O)c2ccccc2N=C1C(F)(F)F. The molecule has 1 aliphatic heterocycles. The fourth-order valence-electron chi connectivity index (χ4n) is 1.67. The van der Waals surface area contributed by atoms with E-state index >= 15 is 0 Å². The highest BCUT2D eigenvalue weighted by atomic mass is 19.4. The van der Waals surface area contributed by atoms with Crippen LogP contribution in [-0.4, -0.2) is 17.7 Å². The van der Waals surface area contributed by atoms with Gasteiger partial charge in [-0.15, -0.1) is 0 Å². The fraction of sp³-hybridized carbons (Fsp3) is 0.273. The maximum absolute atomic E-state index is 12.6. The van der Waals surface area contributed by atoms with Crippen LogP contribution in [0.15, 0.2) is 29.3 Å². The van der Waals surface area contributed by atoms with Crippen LogP contribution in [0.5, 0.6) is 0 Å². The number of nitrogens with zero attached hydrogens (tertiary/aromatic N) is 1. The first kappa shape index (κ1) is 10.9. The van der Waals surface area contributed by atoms with E-state index in [2.05, 4.69) is 4.99 Å². The summed E-state index contributed by atoms with van der Waals surface area (Å²) in [6.45, 7) is 1.23. The average molecular weight is 227 g/mol. The predicted molar refractivity (Wildman–Crippen MR) is 53.1 cm³/mol. The molecule has 1 unspecified atom stereocenters. The molecule has 84 valence electrons. The molecule has 5 heteroatoms. The Labute approximate surface area is 89.8 Å². The van der Waals surface area contributed by atoms with Gasteiger partial charge in [0.15, 0.2) is 5.78 Å². The number of fused-ring (bicyclic) bond motifs is 1. The van der Waals surface area contributed by atoms with E-state index in [0.717, 1.165) is 0 Å². The van der Waals surface area contributed by atoms with Crippen LogP contribution in [0.2, 0.25) is 0 Å². The Morgan fingerprint density at radius 2 is 1.88 bits per heavy atom. The summed E-state index contributed by atoms with van der Waals surface area (Å²) in [5, 5.41) is 0. The van der Waals surface area contributed by atoms with Gasteiger partial charge in [0.2, 0.25) is 0 Å². The maximum Gasteiger partial charge on any atom is 0.430 e. The first-order chi connectivity index (χ1) is 7.41. The van der Waals surface area contributed by atoms with Gasteiger partial charge in [-0.3, -0.25) is 4.79 Å². The molecule has 1 atom stereocenters. The lowest BCUT2D eigenvalue weighted by atomic mass is 9.90. The largest absolute Gasteiger partial charge is 0.430 e. The zero-order valence-corrected chi connectivity index (χ0v) is 8.38. The molecular weight excluding hydrogens is 219 g/mol. The topological polar surface area (TPSA) is 29.4 Å². The molecular formula is C11H8F3NO. The van der Waals surface area contributed by atoms with Gasteiger partial charge >= 0.3 is 6.18 Å². The number of carbonyl (C=O) groups is 1. The van der Waals surface area contributed by atoms with Crippen molar-refractivity contribution in [1.82, 2.24) is 0 Å². The molecule has 0 aromatic heterocycles. The van der Waals surface area contributed by atoms with Crippen LogP contribution in [0.4, 0.5) is 18.9 Å². The average Bonchev–Trinajstić information content (AvgIpc) is 2.22. The van der Waals surface area contributed by atoms with Gasteiger partial charge in [0.25, 0.3) is 0 Å². The van der Waals surface area contributed by atoms with Crippen molar-refractivity contribution in [1.29, 1.82) is 0 Å². The van der Waals surface area contributed by atoms with E-state index in [0.29, 0.717) is 0 Å². The third-order valence-electron chi connectivity index (χ3n) is 2.50. The maximum atomic E-state index is 12.6. The molecule has 1 aliphatic rings. The molecule has 0 amide bonds. The van der Waals surface area contributed by atoms with Crippen molar-refractivity contribution < 1.29 is 18.0 Å². The summed E-state index contributed by atoms with van der Waals surface area (Å²) in [4.78, 5) is 15.2. The lowest BCUT2D eigenvalue weighted by Crippen LogP contribution is -2.35. The number of rotatable bonds is 0. The Hall–Kier alpha value is -1.65. The summed E-state index contributed by atoms with van der Waals surface area (Å²) in [5.41, 5.74) is -0.669. The second-order valence-corrected chi connectivity index (χ2v) is 3.60. The first-order valence-corrected chi connectivity index (χ1v) is 4.70. The molecule has 0 saturated heterocycles. The molecule has 0 aliphatic carbocycles. The van der Waals surface area contributed by atoms with Gasteiger partial charge in [0.05, 0.1) is 11.6 Å². The van der Waals surface area contributed by atoms with E-state index in [-0.39, 0.29) is 11.3 Å². The van der Waals surface area contributed by atoms with Crippen LogP contribution >= 0.6 is 0 Å². The van der Waals surface area contributed by atoms with Crippen LogP contribution in [0.25, 0.3) is 0 Å². The molecule has 16 heavy (non-hydrogen) atoms. The molecule has 0 bridgehead atoms. The lowest BCUT2D eigenvalue weighted by Gasteiger charge is -2.21. The normalized spacial score (nSPS) is 20.4. The van der Waals surface area contributed by atoms with E-state index in [1.807, 2.05) is 0 Å². The van der Waals surface area contributed by atoms with Crippen LogP contribution in [-0.2, 0) is 0 Å². The van der Waals surface area contributed by atoms with Gasteiger partial charge in [0.1, 0.15) is 5.71 Å². The van der Waals surface area contributed by atoms with Crippen molar-refractivity contribution in [3.05, 3.63) is 29.8 Å². The van der Waals surface area contributed by atoms with Crippen molar-refractivity contribution >= 4 is 17.2 Å². The highest BCUT2D eigenvalue weighted by Gasteiger charge is 2.44. The number of Topliss-reactive ketones (excluding diaryl/α,β-unsaturated/α-hetero) is 1. The minimum atomic E-state index is -4.55. The van der Waals surface area contributed by atoms with Crippen molar-refractivity contribution in [2.45, 2.75) is 13.1 Å². The van der Waals surface area contributed by atoms with Gasteiger partial charge in [-0.1, -0.05) is 12.1 Å². The monoisotopic (exact) mass is 227 g/mol. The Bertz CT molecular complexity index is 476. The van der Waals surface area contributed by atoms with E-state index in [1.165, 1.54) is 19.1 Å². The lowest BCUT2D eigenvalue weighted by molar-refractivity contribution is -0.0621. The number of alkyl halides is 3. The summed E-state index contributed by atoms with van der Waals surface area (Å²) in [6.07, 6.45) is -4.55. The molecule has 1 aromatic rings. The smallest absolute Gasteiger partial charge is 0.293 e. The number of hydrogen-bond donors (Lipinski definition) is 0. The standard InChI is InChI=1S/C11H8F3NO/c1-6-9(16)7-4-2-3-5-8(7)15-10(6)11(12,13)14/h2-6H,1H3. The summed E-state index contributed by atoms with van der Waals surface area (Å²) in [6, 6.07) is 6.06. The molecule has 0 fully saturated rings. The summed E-state index contributed by atoms with van der Waals surface area (Å²) >= 11 is 0. The minimum Gasteiger partial charge on any atom is -0.293 e. The van der Waals surface area contributed by atoms with E-state index in [9.17, 15) is 18.0 Å². The minimum absolute atomic E-state index is 0.0953. The van der Waals surface area contributed by atoms with Gasteiger partial charge in [-0.25, -0.2) is 4.99 Å². The quantitative estimate of drug-likeness (QED) is 0.669. The second kappa shape index (κ2) is 3.43. The first-order valence-electron chi connectivity index (χ1n) is 4.70. The van der Waals surface area contributed by atoms with Crippen LogP contribution in [0, 0.1) is 5.92 Å². The number of benzene rings is 1. The number of ketones is 1. The Morgan fingerprint density at radius 3 is 2.50 bits per heavy atom. The van der Waals surface area contributed by atoms with Gasteiger partial charge in [-0.2, -0.15) is 13.2 Å². The molecule has 2 rings (SSSR count). The zero-order chi connectivity index (χ0) is 11.9. The van der Waals surface area contributed by atoms with Gasteiger partial charge < -0.3 is 0 Å². The number of para-hydroxylation sites is 1. The Kier molecular flexibility index (Phi) is 2.33.